The van der Waals surface area contributed by atoms with E-state index in [-0.39, 0.29) is 30.8 Å². The lowest BCUT2D eigenvalue weighted by atomic mass is 10.2. The maximum Gasteiger partial charge on any atom is 0.416 e. The summed E-state index contributed by atoms with van der Waals surface area (Å²) in [6.45, 7) is 4.25. The van der Waals surface area contributed by atoms with E-state index in [1.54, 1.807) is 20.8 Å². The molecule has 190 valence electrons. The van der Waals surface area contributed by atoms with Gasteiger partial charge in [-0.15, -0.1) is 0 Å². The van der Waals surface area contributed by atoms with Gasteiger partial charge in [0.2, 0.25) is 5.91 Å². The van der Waals surface area contributed by atoms with Crippen molar-refractivity contribution in [3.8, 4) is 5.69 Å². The summed E-state index contributed by atoms with van der Waals surface area (Å²) in [5, 5.41) is 15.8. The molecule has 0 bridgehead atoms. The number of benzene rings is 1. The standard InChI is InChI=1S/C22H24F4N4O5/c1-21(2,3)35-20(34)29-11-14(23)8-16(29)18(31)27-9-12-10-30(28-17(12)19(32)33)15-6-4-13(5-7-15)22(24,25)26/h4-7,10,14,16H,8-9,11H2,1-3H3,(H,27,31)(H,32,33)/t14-,16+/m1/s1. The highest BCUT2D eigenvalue weighted by Crippen LogP contribution is 2.29. The number of aromatic carboxylic acids is 1. The molecule has 9 nitrogen and oxygen atoms in total. The van der Waals surface area contributed by atoms with Gasteiger partial charge in [-0.3, -0.25) is 9.69 Å². The number of hydrogen-bond acceptors (Lipinski definition) is 5. The number of aromatic nitrogens is 2. The second-order valence-corrected chi connectivity index (χ2v) is 9.00. The number of carboxylic acid groups (broad SMARTS) is 1. The van der Waals surface area contributed by atoms with Crippen LogP contribution in [0.1, 0.15) is 48.8 Å². The number of rotatable bonds is 5. The Morgan fingerprint density at radius 2 is 1.80 bits per heavy atom. The molecule has 1 aliphatic heterocycles. The smallest absolute Gasteiger partial charge is 0.416 e. The fourth-order valence-corrected chi connectivity index (χ4v) is 3.51. The summed E-state index contributed by atoms with van der Waals surface area (Å²) in [7, 11) is 0. The number of likely N-dealkylation sites (tertiary alicyclic amines) is 1. The van der Waals surface area contributed by atoms with Gasteiger partial charge in [0.05, 0.1) is 17.8 Å². The molecule has 2 aromatic rings. The molecule has 2 N–H and O–H groups in total. The van der Waals surface area contributed by atoms with Gasteiger partial charge in [-0.2, -0.15) is 18.3 Å². The monoisotopic (exact) mass is 500 g/mol. The van der Waals surface area contributed by atoms with Crippen LogP contribution in [0, 0.1) is 0 Å². The molecule has 1 saturated heterocycles. The number of amides is 2. The van der Waals surface area contributed by atoms with Gasteiger partial charge in [-0.25, -0.2) is 18.7 Å². The zero-order valence-corrected chi connectivity index (χ0v) is 19.1. The summed E-state index contributed by atoms with van der Waals surface area (Å²) in [5.41, 5.74) is -1.93. The fourth-order valence-electron chi connectivity index (χ4n) is 3.51. The molecule has 1 aromatic heterocycles. The Morgan fingerprint density at radius 1 is 1.17 bits per heavy atom. The van der Waals surface area contributed by atoms with Crippen LogP contribution in [0.4, 0.5) is 22.4 Å². The second kappa shape index (κ2) is 9.55. The van der Waals surface area contributed by atoms with Crippen LogP contribution in [0.2, 0.25) is 0 Å². The predicted molar refractivity (Wildman–Crippen MR) is 114 cm³/mol. The summed E-state index contributed by atoms with van der Waals surface area (Å²) in [5.74, 6) is -2.13. The first-order valence-corrected chi connectivity index (χ1v) is 10.6. The van der Waals surface area contributed by atoms with Crippen molar-refractivity contribution in [1.29, 1.82) is 0 Å². The summed E-state index contributed by atoms with van der Waals surface area (Å²) in [6.07, 6.45) is -5.81. The minimum Gasteiger partial charge on any atom is -0.476 e. The number of halogens is 4. The van der Waals surface area contributed by atoms with E-state index in [9.17, 15) is 37.1 Å². The Kier molecular flexibility index (Phi) is 7.08. The molecule has 3 rings (SSSR count). The molecule has 2 heterocycles. The third-order valence-electron chi connectivity index (χ3n) is 5.09. The van der Waals surface area contributed by atoms with Crippen LogP contribution in [-0.4, -0.2) is 62.1 Å². The van der Waals surface area contributed by atoms with Crippen molar-refractivity contribution in [3.63, 3.8) is 0 Å². The Hall–Kier alpha value is -3.64. The first-order chi connectivity index (χ1) is 16.2. The van der Waals surface area contributed by atoms with Crippen molar-refractivity contribution < 1.29 is 41.8 Å². The number of alkyl halides is 4. The quantitative estimate of drug-likeness (QED) is 0.607. The first kappa shape index (κ1) is 26.0. The van der Waals surface area contributed by atoms with Gasteiger partial charge in [-0.1, -0.05) is 0 Å². The van der Waals surface area contributed by atoms with E-state index >= 15 is 0 Å². The molecule has 0 aliphatic carbocycles. The summed E-state index contributed by atoms with van der Waals surface area (Å²) in [4.78, 5) is 37.7. The highest BCUT2D eigenvalue weighted by Gasteiger charge is 2.41. The van der Waals surface area contributed by atoms with Crippen LogP contribution in [0.3, 0.4) is 0 Å². The summed E-state index contributed by atoms with van der Waals surface area (Å²) >= 11 is 0. The van der Waals surface area contributed by atoms with Gasteiger partial charge in [0.1, 0.15) is 17.8 Å². The van der Waals surface area contributed by atoms with Gasteiger partial charge >= 0.3 is 18.2 Å². The Bertz CT molecular complexity index is 1110. The third kappa shape index (κ3) is 6.28. The molecule has 2 amide bonds. The minimum atomic E-state index is -4.53. The molecule has 0 unspecified atom stereocenters. The van der Waals surface area contributed by atoms with Crippen molar-refractivity contribution in [3.05, 3.63) is 47.3 Å². The summed E-state index contributed by atoms with van der Waals surface area (Å²) in [6, 6.07) is 2.76. The molecule has 35 heavy (non-hydrogen) atoms. The number of nitrogens with zero attached hydrogens (tertiary/aromatic N) is 3. The number of carbonyl (C=O) groups excluding carboxylic acids is 2. The highest BCUT2D eigenvalue weighted by molar-refractivity contribution is 5.88. The predicted octanol–water partition coefficient (Wildman–Crippen LogP) is 3.55. The van der Waals surface area contributed by atoms with Crippen molar-refractivity contribution in [2.75, 3.05) is 6.54 Å². The van der Waals surface area contributed by atoms with Crippen LogP contribution >= 0.6 is 0 Å². The Morgan fingerprint density at radius 3 is 2.34 bits per heavy atom. The molecule has 1 aliphatic rings. The molecule has 2 atom stereocenters. The van der Waals surface area contributed by atoms with Gasteiger partial charge in [0.25, 0.3) is 0 Å². The lowest BCUT2D eigenvalue weighted by Crippen LogP contribution is -2.47. The van der Waals surface area contributed by atoms with Crippen LogP contribution < -0.4 is 5.32 Å². The SMILES string of the molecule is CC(C)(C)OC(=O)N1C[C@H](F)C[C@H]1C(=O)NCc1cn(-c2ccc(C(F)(F)F)cc2)nc1C(=O)O. The van der Waals surface area contributed by atoms with E-state index in [4.69, 9.17) is 4.74 Å². The molecular weight excluding hydrogens is 476 g/mol. The number of carboxylic acids is 1. The summed E-state index contributed by atoms with van der Waals surface area (Å²) < 4.78 is 58.7. The average molecular weight is 500 g/mol. The van der Waals surface area contributed by atoms with E-state index in [1.165, 1.54) is 6.20 Å². The van der Waals surface area contributed by atoms with E-state index in [1.807, 2.05) is 0 Å². The highest BCUT2D eigenvalue weighted by atomic mass is 19.4. The van der Waals surface area contributed by atoms with E-state index < -0.39 is 53.2 Å². The van der Waals surface area contributed by atoms with Crippen LogP contribution in [-0.2, 0) is 22.3 Å². The molecule has 0 saturated carbocycles. The number of carbonyl (C=O) groups is 3. The van der Waals surface area contributed by atoms with Crippen LogP contribution in [0.15, 0.2) is 30.5 Å². The third-order valence-corrected chi connectivity index (χ3v) is 5.09. The van der Waals surface area contributed by atoms with Crippen molar-refractivity contribution in [2.24, 2.45) is 0 Å². The zero-order chi connectivity index (χ0) is 26.1. The Balaban J connectivity index is 1.75. The van der Waals surface area contributed by atoms with Gasteiger partial charge in [0, 0.05) is 24.7 Å². The van der Waals surface area contributed by atoms with Crippen molar-refractivity contribution >= 4 is 18.0 Å². The molecule has 0 radical (unpaired) electrons. The average Bonchev–Trinajstić information content (AvgIpc) is 3.34. The molecule has 1 fully saturated rings. The Labute approximate surface area is 197 Å². The number of nitrogens with one attached hydrogen (secondary N) is 1. The second-order valence-electron chi connectivity index (χ2n) is 9.00. The lowest BCUT2D eigenvalue weighted by Gasteiger charge is -2.27. The molecule has 1 aromatic carbocycles. The van der Waals surface area contributed by atoms with Gasteiger partial charge < -0.3 is 15.2 Å². The first-order valence-electron chi connectivity index (χ1n) is 10.6. The van der Waals surface area contributed by atoms with Gasteiger partial charge in [-0.05, 0) is 45.0 Å². The van der Waals surface area contributed by atoms with E-state index in [2.05, 4.69) is 10.4 Å². The molecular formula is C22H24F4N4O5. The van der Waals surface area contributed by atoms with E-state index in [0.29, 0.717) is 0 Å². The molecule has 13 heteroatoms. The largest absolute Gasteiger partial charge is 0.476 e. The maximum atomic E-state index is 14.0. The zero-order valence-electron chi connectivity index (χ0n) is 19.1. The number of hydrogen-bond donors (Lipinski definition) is 2. The van der Waals surface area contributed by atoms with E-state index in [0.717, 1.165) is 33.8 Å². The van der Waals surface area contributed by atoms with Gasteiger partial charge in [0.15, 0.2) is 5.69 Å². The number of ether oxygens (including phenoxy) is 1. The minimum absolute atomic E-state index is 0.0596. The lowest BCUT2D eigenvalue weighted by molar-refractivity contribution is -0.137. The van der Waals surface area contributed by atoms with Crippen molar-refractivity contribution in [2.45, 2.75) is 57.7 Å². The fraction of sp³-hybridized carbons (Fsp3) is 0.455. The van der Waals surface area contributed by atoms with Crippen molar-refractivity contribution in [1.82, 2.24) is 20.0 Å². The maximum absolute atomic E-state index is 14.0. The topological polar surface area (TPSA) is 114 Å². The molecule has 0 spiro atoms. The van der Waals surface area contributed by atoms with Crippen LogP contribution in [0.5, 0.6) is 0 Å². The van der Waals surface area contributed by atoms with Crippen LogP contribution in [0.25, 0.3) is 5.69 Å². The normalized spacial score (nSPS) is 18.4.